The Morgan fingerprint density at radius 3 is 1.25 bits per heavy atom. The van der Waals surface area contributed by atoms with Gasteiger partial charge in [-0.1, -0.05) is 0 Å². The summed E-state index contributed by atoms with van der Waals surface area (Å²) in [7, 11) is -2.34. The molecule has 4 atom stereocenters. The van der Waals surface area contributed by atoms with Crippen LogP contribution in [0.3, 0.4) is 0 Å². The topological polar surface area (TPSA) is 147 Å². The van der Waals surface area contributed by atoms with Crippen molar-refractivity contribution in [3.63, 3.8) is 0 Å². The Labute approximate surface area is 194 Å². The summed E-state index contributed by atoms with van der Waals surface area (Å²) in [6.07, 6.45) is 2.45. The number of carboxylic acids is 2. The molecule has 0 rings (SSSR count). The summed E-state index contributed by atoms with van der Waals surface area (Å²) in [4.78, 5) is 23.5. The van der Waals surface area contributed by atoms with Gasteiger partial charge < -0.3 is 10.2 Å². The zero-order valence-corrected chi connectivity index (χ0v) is 22.6. The van der Waals surface area contributed by atoms with E-state index in [0.717, 1.165) is 12.3 Å². The van der Waals surface area contributed by atoms with Gasteiger partial charge in [0.15, 0.2) is 11.1 Å². The Hall–Kier alpha value is -1.62. The van der Waals surface area contributed by atoms with E-state index in [1.54, 1.807) is 0 Å². The molecule has 0 spiro atoms. The molecule has 0 radical (unpaired) electrons. The quantitative estimate of drug-likeness (QED) is 0.267. The van der Waals surface area contributed by atoms with E-state index in [0.29, 0.717) is 12.8 Å². The lowest BCUT2D eigenvalue weighted by Gasteiger charge is -2.25. The van der Waals surface area contributed by atoms with Gasteiger partial charge >= 0.3 is 11.9 Å². The Balaban J connectivity index is 5.58. The Morgan fingerprint density at radius 1 is 0.781 bits per heavy atom. The lowest BCUT2D eigenvalue weighted by molar-refractivity contribution is -0.143. The molecule has 180 valence electrons. The van der Waals surface area contributed by atoms with Crippen LogP contribution < -0.4 is 0 Å². The monoisotopic (exact) mass is 486 g/mol. The molecule has 0 amide bonds. The van der Waals surface area contributed by atoms with Crippen molar-refractivity contribution in [2.24, 2.45) is 22.1 Å². The van der Waals surface area contributed by atoms with Crippen molar-refractivity contribution in [1.29, 1.82) is 10.5 Å². The van der Waals surface area contributed by atoms with Gasteiger partial charge in [0.25, 0.3) is 0 Å². The van der Waals surface area contributed by atoms with E-state index < -0.39 is 49.4 Å². The molecule has 0 aromatic heterocycles. The summed E-state index contributed by atoms with van der Waals surface area (Å²) < 4.78 is 0. The van der Waals surface area contributed by atoms with E-state index in [9.17, 15) is 30.3 Å². The summed E-state index contributed by atoms with van der Waals surface area (Å²) in [5, 5.41) is 46.8. The first-order valence-corrected chi connectivity index (χ1v) is 17.3. The number of carboxylic acid groups (broad SMARTS) is 2. The lowest BCUT2D eigenvalue weighted by atomic mass is 9.88. The minimum absolute atomic E-state index is 0.0132. The average Bonchev–Trinajstić information content (AvgIpc) is 2.65. The van der Waals surface area contributed by atoms with Gasteiger partial charge in [0.2, 0.25) is 0 Å². The van der Waals surface area contributed by atoms with Gasteiger partial charge in [0.1, 0.15) is 0 Å². The summed E-state index contributed by atoms with van der Waals surface area (Å²) in [6.45, 7) is 15.8. The third-order valence-electron chi connectivity index (χ3n) is 5.26. The van der Waals surface area contributed by atoms with Crippen molar-refractivity contribution in [3.8, 4) is 12.1 Å². The molecular formula is C22H40N4O4P2+2. The predicted octanol–water partition coefficient (Wildman–Crippen LogP) is 4.78. The number of azo groups is 1. The Morgan fingerprint density at radius 2 is 1.06 bits per heavy atom. The molecular weight excluding hydrogens is 446 g/mol. The molecule has 0 aliphatic rings. The van der Waals surface area contributed by atoms with Crippen LogP contribution in [0, 0.1) is 34.5 Å². The third-order valence-corrected chi connectivity index (χ3v) is 8.46. The highest BCUT2D eigenvalue weighted by Crippen LogP contribution is 2.48. The third kappa shape index (κ3) is 12.4. The molecule has 0 bridgehead atoms. The van der Waals surface area contributed by atoms with Crippen molar-refractivity contribution in [1.82, 2.24) is 0 Å². The first-order chi connectivity index (χ1) is 14.4. The summed E-state index contributed by atoms with van der Waals surface area (Å²) >= 11 is 0. The first kappa shape index (κ1) is 30.4. The lowest BCUT2D eigenvalue weighted by Crippen LogP contribution is -2.31. The minimum atomic E-state index is -1.41. The predicted molar refractivity (Wildman–Crippen MR) is 133 cm³/mol. The van der Waals surface area contributed by atoms with E-state index in [1.807, 2.05) is 12.1 Å². The molecule has 0 heterocycles. The minimum Gasteiger partial charge on any atom is -0.481 e. The second-order valence-electron chi connectivity index (χ2n) is 11.1. The average molecular weight is 487 g/mol. The Kier molecular flexibility index (Phi) is 11.4. The van der Waals surface area contributed by atoms with Crippen LogP contribution in [0.2, 0.25) is 0 Å². The van der Waals surface area contributed by atoms with Crippen LogP contribution in [0.5, 0.6) is 0 Å². The van der Waals surface area contributed by atoms with Crippen molar-refractivity contribution < 1.29 is 19.8 Å². The second kappa shape index (κ2) is 12.0. The molecule has 8 nitrogen and oxygen atoms in total. The van der Waals surface area contributed by atoms with Crippen LogP contribution in [0.15, 0.2) is 10.2 Å². The van der Waals surface area contributed by atoms with Gasteiger partial charge in [0, 0.05) is 67.4 Å². The van der Waals surface area contributed by atoms with E-state index >= 15 is 0 Å². The molecule has 4 unspecified atom stereocenters. The smallest absolute Gasteiger partial charge is 0.306 e. The van der Waals surface area contributed by atoms with Crippen LogP contribution in [0.1, 0.15) is 39.5 Å². The maximum atomic E-state index is 11.8. The fourth-order valence-electron chi connectivity index (χ4n) is 3.11. The standard InChI is InChI=1S/C22H38N4O4P2/c1-21(15-23,13-17(19(27)28)9-11-31(3,4)5)25-26-22(2,16-24)14-18(20(29)30)10-12-32(6,7)8/h17-18H,9-14H2,1-8H3/p+2. The van der Waals surface area contributed by atoms with Crippen LogP contribution in [-0.2, 0) is 9.59 Å². The van der Waals surface area contributed by atoms with E-state index in [-0.39, 0.29) is 12.8 Å². The number of nitriles is 2. The zero-order chi connectivity index (χ0) is 25.4. The van der Waals surface area contributed by atoms with Crippen LogP contribution in [0.4, 0.5) is 0 Å². The van der Waals surface area contributed by atoms with Crippen LogP contribution in [-0.4, -0.2) is 85.5 Å². The van der Waals surface area contributed by atoms with Crippen molar-refractivity contribution >= 4 is 26.5 Å². The fraction of sp³-hybridized carbons (Fsp3) is 0.818. The Bertz CT molecular complexity index is 713. The maximum Gasteiger partial charge on any atom is 0.306 e. The fourth-order valence-corrected chi connectivity index (χ4v) is 5.28. The van der Waals surface area contributed by atoms with Crippen LogP contribution in [0.25, 0.3) is 0 Å². The number of aliphatic carboxylic acids is 2. The van der Waals surface area contributed by atoms with Gasteiger partial charge in [0.05, 0.1) is 36.3 Å². The first-order valence-electron chi connectivity index (χ1n) is 10.7. The molecule has 10 heteroatoms. The highest BCUT2D eigenvalue weighted by atomic mass is 31.2. The maximum absolute atomic E-state index is 11.8. The molecule has 0 saturated heterocycles. The van der Waals surface area contributed by atoms with E-state index in [2.05, 4.69) is 50.2 Å². The number of carbonyl (C=O) groups is 2. The number of hydrogen-bond donors (Lipinski definition) is 2. The van der Waals surface area contributed by atoms with E-state index in [4.69, 9.17) is 0 Å². The molecule has 0 saturated carbocycles. The molecule has 0 aromatic rings. The van der Waals surface area contributed by atoms with Gasteiger partial charge in [-0.3, -0.25) is 9.59 Å². The summed E-state index contributed by atoms with van der Waals surface area (Å²) in [6, 6.07) is 4.09. The highest BCUT2D eigenvalue weighted by Gasteiger charge is 2.37. The molecule has 0 fully saturated rings. The van der Waals surface area contributed by atoms with Crippen molar-refractivity contribution in [2.45, 2.75) is 50.6 Å². The van der Waals surface area contributed by atoms with Crippen molar-refractivity contribution in [3.05, 3.63) is 0 Å². The SMILES string of the molecule is CC(C#N)(CC(CC[P+](C)(C)C)C(=O)O)N=NC(C)(C#N)CC(CC[P+](C)(C)C)C(=O)O. The summed E-state index contributed by atoms with van der Waals surface area (Å²) in [5.41, 5.74) is -2.82. The highest BCUT2D eigenvalue weighted by molar-refractivity contribution is 7.74. The van der Waals surface area contributed by atoms with Gasteiger partial charge in [-0.25, -0.2) is 0 Å². The molecule has 0 aliphatic carbocycles. The molecule has 32 heavy (non-hydrogen) atoms. The van der Waals surface area contributed by atoms with Crippen molar-refractivity contribution in [2.75, 3.05) is 52.3 Å². The second-order valence-corrected chi connectivity index (χ2v) is 21.1. The number of rotatable bonds is 14. The van der Waals surface area contributed by atoms with Crippen LogP contribution >= 0.6 is 14.5 Å². The zero-order valence-electron chi connectivity index (χ0n) is 20.8. The summed E-state index contributed by atoms with van der Waals surface area (Å²) in [5.74, 6) is -3.44. The number of hydrogen-bond acceptors (Lipinski definition) is 6. The molecule has 0 aliphatic heterocycles. The number of nitrogens with zero attached hydrogens (tertiary/aromatic N) is 4. The van der Waals surface area contributed by atoms with Gasteiger partial charge in [-0.05, 0) is 26.7 Å². The molecule has 0 aromatic carbocycles. The van der Waals surface area contributed by atoms with Gasteiger partial charge in [-0.15, -0.1) is 0 Å². The molecule has 2 N–H and O–H groups in total. The largest absolute Gasteiger partial charge is 0.481 e. The normalized spacial score (nSPS) is 18.1. The van der Waals surface area contributed by atoms with E-state index in [1.165, 1.54) is 13.8 Å². The van der Waals surface area contributed by atoms with Gasteiger partial charge in [-0.2, -0.15) is 20.8 Å².